The van der Waals surface area contributed by atoms with Crippen molar-refractivity contribution in [2.45, 2.75) is 39.4 Å². The molecule has 0 aliphatic heterocycles. The molecule has 0 aliphatic carbocycles. The first kappa shape index (κ1) is 22.3. The van der Waals surface area contributed by atoms with Gasteiger partial charge in [-0.25, -0.2) is 0 Å². The number of amides is 2. The van der Waals surface area contributed by atoms with E-state index >= 15 is 0 Å². The minimum absolute atomic E-state index is 0.0149. The highest BCUT2D eigenvalue weighted by molar-refractivity contribution is 5.94. The van der Waals surface area contributed by atoms with Crippen LogP contribution < -0.4 is 15.4 Å². The van der Waals surface area contributed by atoms with Crippen LogP contribution in [0.4, 0.5) is 18.9 Å². The number of hydrogen-bond donors (Lipinski definition) is 2. The number of hydrogen-bond acceptors (Lipinski definition) is 3. The van der Waals surface area contributed by atoms with Crippen molar-refractivity contribution in [2.75, 3.05) is 11.9 Å². The number of carbonyl (C=O) groups excluding carboxylic acids is 2. The Labute approximate surface area is 167 Å². The molecule has 5 nitrogen and oxygen atoms in total. The van der Waals surface area contributed by atoms with Crippen molar-refractivity contribution in [1.29, 1.82) is 0 Å². The monoisotopic (exact) mass is 408 g/mol. The predicted molar refractivity (Wildman–Crippen MR) is 104 cm³/mol. The van der Waals surface area contributed by atoms with Gasteiger partial charge in [-0.3, -0.25) is 9.59 Å². The molecule has 0 unspecified atom stereocenters. The van der Waals surface area contributed by atoms with Gasteiger partial charge < -0.3 is 15.4 Å². The van der Waals surface area contributed by atoms with Crippen molar-refractivity contribution in [2.24, 2.45) is 0 Å². The third-order valence-electron chi connectivity index (χ3n) is 4.14. The van der Waals surface area contributed by atoms with Crippen LogP contribution in [0.1, 0.15) is 29.5 Å². The number of aryl methyl sites for hydroxylation is 2. The van der Waals surface area contributed by atoms with Gasteiger partial charge in [0.25, 0.3) is 0 Å². The third kappa shape index (κ3) is 7.14. The van der Waals surface area contributed by atoms with Gasteiger partial charge in [-0.15, -0.1) is 0 Å². The summed E-state index contributed by atoms with van der Waals surface area (Å²) >= 11 is 0. The number of nitrogens with one attached hydrogen (secondary N) is 2. The summed E-state index contributed by atoms with van der Waals surface area (Å²) < 4.78 is 42.7. The van der Waals surface area contributed by atoms with Crippen LogP contribution in [0.15, 0.2) is 42.5 Å². The number of rotatable bonds is 8. The lowest BCUT2D eigenvalue weighted by molar-refractivity contribution is -0.167. The summed E-state index contributed by atoms with van der Waals surface area (Å²) in [4.78, 5) is 23.0. The number of anilines is 1. The van der Waals surface area contributed by atoms with E-state index in [9.17, 15) is 22.8 Å². The minimum atomic E-state index is -4.96. The molecule has 0 saturated carbocycles. The number of ether oxygens (including phenoxy) is 1. The third-order valence-corrected chi connectivity index (χ3v) is 4.14. The average molecular weight is 408 g/mol. The van der Waals surface area contributed by atoms with Crippen LogP contribution in [0.3, 0.4) is 0 Å². The second-order valence-electron chi connectivity index (χ2n) is 6.60. The molecule has 2 aromatic carbocycles. The first-order chi connectivity index (χ1) is 13.7. The molecule has 0 atom stereocenters. The van der Waals surface area contributed by atoms with E-state index in [2.05, 4.69) is 5.32 Å². The Morgan fingerprint density at radius 3 is 2.34 bits per heavy atom. The van der Waals surface area contributed by atoms with Gasteiger partial charge in [-0.05, 0) is 49.1 Å². The molecule has 2 rings (SSSR count). The van der Waals surface area contributed by atoms with E-state index < -0.39 is 12.1 Å². The lowest BCUT2D eigenvalue weighted by Gasteiger charge is -2.12. The number of alkyl halides is 3. The van der Waals surface area contributed by atoms with Crippen LogP contribution >= 0.6 is 0 Å². The molecule has 0 heterocycles. The fraction of sp³-hybridized carbons (Fsp3) is 0.333. The topological polar surface area (TPSA) is 67.4 Å². The fourth-order valence-electron chi connectivity index (χ4n) is 2.68. The molecule has 2 aromatic rings. The predicted octanol–water partition coefficient (Wildman–Crippen LogP) is 4.28. The summed E-state index contributed by atoms with van der Waals surface area (Å²) in [6, 6.07) is 11.8. The molecule has 0 spiro atoms. The highest BCUT2D eigenvalue weighted by Gasteiger charge is 2.38. The van der Waals surface area contributed by atoms with Gasteiger partial charge in [0.2, 0.25) is 5.91 Å². The molecule has 0 radical (unpaired) electrons. The normalized spacial score (nSPS) is 11.1. The Kier molecular flexibility index (Phi) is 7.64. The van der Waals surface area contributed by atoms with Gasteiger partial charge in [0.15, 0.2) is 0 Å². The quantitative estimate of drug-likeness (QED) is 0.641. The smallest absolute Gasteiger partial charge is 0.471 e. The molecule has 2 N–H and O–H groups in total. The number of benzene rings is 2. The first-order valence-electron chi connectivity index (χ1n) is 9.09. The Hall–Kier alpha value is -3.03. The standard InChI is InChI=1S/C21H23F3N2O3/c1-14-6-3-7-15(2)19(14)29-11-5-10-18(27)25-13-16-8-4-9-17(12-16)26-20(28)21(22,23)24/h3-4,6-9,12H,5,10-11,13H2,1-2H3,(H,25,27)(H,26,28). The van der Waals surface area contributed by atoms with E-state index in [4.69, 9.17) is 4.74 Å². The molecule has 0 fully saturated rings. The molecule has 156 valence electrons. The van der Waals surface area contributed by atoms with E-state index in [1.165, 1.54) is 18.2 Å². The van der Waals surface area contributed by atoms with Crippen molar-refractivity contribution in [3.8, 4) is 5.75 Å². The molecule has 0 saturated heterocycles. The molecule has 2 amide bonds. The maximum Gasteiger partial charge on any atom is 0.471 e. The zero-order valence-electron chi connectivity index (χ0n) is 16.2. The fourth-order valence-corrected chi connectivity index (χ4v) is 2.68. The van der Waals surface area contributed by atoms with Gasteiger partial charge in [-0.1, -0.05) is 30.3 Å². The Morgan fingerprint density at radius 1 is 1.03 bits per heavy atom. The van der Waals surface area contributed by atoms with Crippen molar-refractivity contribution < 1.29 is 27.5 Å². The van der Waals surface area contributed by atoms with E-state index in [1.54, 1.807) is 11.4 Å². The summed E-state index contributed by atoms with van der Waals surface area (Å²) in [6.45, 7) is 4.46. The average Bonchev–Trinajstić information content (AvgIpc) is 2.65. The zero-order valence-corrected chi connectivity index (χ0v) is 16.2. The van der Waals surface area contributed by atoms with Crippen LogP contribution in [0, 0.1) is 13.8 Å². The highest BCUT2D eigenvalue weighted by Crippen LogP contribution is 2.22. The molecular weight excluding hydrogens is 385 g/mol. The van der Waals surface area contributed by atoms with Gasteiger partial charge in [0.1, 0.15) is 5.75 Å². The van der Waals surface area contributed by atoms with E-state index in [1.807, 2.05) is 32.0 Å². The van der Waals surface area contributed by atoms with E-state index in [-0.39, 0.29) is 24.6 Å². The molecule has 29 heavy (non-hydrogen) atoms. The van der Waals surface area contributed by atoms with Crippen molar-refractivity contribution >= 4 is 17.5 Å². The second-order valence-corrected chi connectivity index (χ2v) is 6.60. The highest BCUT2D eigenvalue weighted by atomic mass is 19.4. The van der Waals surface area contributed by atoms with Crippen molar-refractivity contribution in [3.63, 3.8) is 0 Å². The minimum Gasteiger partial charge on any atom is -0.493 e. The van der Waals surface area contributed by atoms with Crippen LogP contribution in [0.25, 0.3) is 0 Å². The number of para-hydroxylation sites is 1. The molecule has 0 aliphatic rings. The Bertz CT molecular complexity index is 846. The van der Waals surface area contributed by atoms with Gasteiger partial charge in [0, 0.05) is 18.7 Å². The lowest BCUT2D eigenvalue weighted by Crippen LogP contribution is -2.30. The van der Waals surface area contributed by atoms with Crippen LogP contribution in [0.2, 0.25) is 0 Å². The van der Waals surface area contributed by atoms with Crippen LogP contribution in [0.5, 0.6) is 5.75 Å². The molecule has 8 heteroatoms. The van der Waals surface area contributed by atoms with Crippen LogP contribution in [-0.2, 0) is 16.1 Å². The molecule has 0 aromatic heterocycles. The maximum absolute atomic E-state index is 12.3. The summed E-state index contributed by atoms with van der Waals surface area (Å²) in [5.41, 5.74) is 2.66. The summed E-state index contributed by atoms with van der Waals surface area (Å²) in [5.74, 6) is -1.41. The van der Waals surface area contributed by atoms with Crippen LogP contribution in [-0.4, -0.2) is 24.6 Å². The van der Waals surface area contributed by atoms with E-state index in [0.29, 0.717) is 18.6 Å². The summed E-state index contributed by atoms with van der Waals surface area (Å²) in [7, 11) is 0. The summed E-state index contributed by atoms with van der Waals surface area (Å²) in [6.07, 6.45) is -4.17. The second kappa shape index (κ2) is 9.95. The van der Waals surface area contributed by atoms with E-state index in [0.717, 1.165) is 16.9 Å². The molecular formula is C21H23F3N2O3. The lowest BCUT2D eigenvalue weighted by atomic mass is 10.1. The Balaban J connectivity index is 1.75. The van der Waals surface area contributed by atoms with Gasteiger partial charge in [0.05, 0.1) is 6.61 Å². The molecule has 0 bridgehead atoms. The van der Waals surface area contributed by atoms with Gasteiger partial charge >= 0.3 is 12.1 Å². The number of carbonyl (C=O) groups is 2. The first-order valence-corrected chi connectivity index (χ1v) is 9.09. The zero-order chi connectivity index (χ0) is 21.4. The summed E-state index contributed by atoms with van der Waals surface area (Å²) in [5, 5.41) is 4.48. The SMILES string of the molecule is Cc1cccc(C)c1OCCCC(=O)NCc1cccc(NC(=O)C(F)(F)F)c1. The number of halogens is 3. The maximum atomic E-state index is 12.3. The van der Waals surface area contributed by atoms with Gasteiger partial charge in [-0.2, -0.15) is 13.2 Å². The van der Waals surface area contributed by atoms with Crippen molar-refractivity contribution in [1.82, 2.24) is 5.32 Å². The largest absolute Gasteiger partial charge is 0.493 e. The Morgan fingerprint density at radius 2 is 1.69 bits per heavy atom. The van der Waals surface area contributed by atoms with Crippen molar-refractivity contribution in [3.05, 3.63) is 59.2 Å².